The van der Waals surface area contributed by atoms with E-state index in [0.29, 0.717) is 33.5 Å². The van der Waals surface area contributed by atoms with E-state index in [-0.39, 0.29) is 57.3 Å². The van der Waals surface area contributed by atoms with Crippen LogP contribution in [-0.4, -0.2) is 34.3 Å². The number of phenolic OH excluding ortho intramolecular Hbond substituents is 1. The number of rotatable bonds is 4. The number of halogens is 2. The Balaban J connectivity index is 1.26. The topological polar surface area (TPSA) is 109 Å². The first-order chi connectivity index (χ1) is 21.2. The first kappa shape index (κ1) is 28.4. The first-order valence-corrected chi connectivity index (χ1v) is 15.3. The number of nitrogens with zero attached hydrogens (tertiary/aromatic N) is 1. The summed E-state index contributed by atoms with van der Waals surface area (Å²) in [7, 11) is 0. The summed E-state index contributed by atoms with van der Waals surface area (Å²) < 4.78 is 0.136. The fourth-order valence-electron chi connectivity index (χ4n) is 7.08. The molecule has 3 aliphatic carbocycles. The number of anilines is 1. The fourth-order valence-corrected chi connectivity index (χ4v) is 7.82. The number of benzene rings is 3. The molecule has 0 aromatic heterocycles. The third-order valence-electron chi connectivity index (χ3n) is 9.05. The van der Waals surface area contributed by atoms with Crippen LogP contribution in [0.25, 0.3) is 0 Å². The van der Waals surface area contributed by atoms with Crippen LogP contribution in [0.3, 0.4) is 0 Å². The number of hydrogen-bond donors (Lipinski definition) is 1. The molecule has 4 aliphatic rings. The van der Waals surface area contributed by atoms with Gasteiger partial charge in [0.15, 0.2) is 17.3 Å². The van der Waals surface area contributed by atoms with Gasteiger partial charge in [0.2, 0.25) is 11.8 Å². The molecular weight excluding hydrogens is 646 g/mol. The zero-order valence-corrected chi connectivity index (χ0v) is 25.3. The number of allylic oxidation sites excluding steroid dienone is 6. The Kier molecular flexibility index (Phi) is 6.86. The molecule has 218 valence electrons. The van der Waals surface area contributed by atoms with Crippen LogP contribution in [0.2, 0.25) is 5.02 Å². The van der Waals surface area contributed by atoms with E-state index < -0.39 is 23.7 Å². The van der Waals surface area contributed by atoms with Gasteiger partial charge in [-0.3, -0.25) is 28.9 Å². The Morgan fingerprint density at radius 2 is 1.59 bits per heavy atom. The normalized spacial score (nSPS) is 24.5. The molecule has 44 heavy (non-hydrogen) atoms. The number of ketones is 3. The highest BCUT2D eigenvalue weighted by atomic mass is 79.9. The van der Waals surface area contributed by atoms with Crippen LogP contribution in [0.5, 0.6) is 5.75 Å². The Morgan fingerprint density at radius 1 is 0.886 bits per heavy atom. The highest BCUT2D eigenvalue weighted by molar-refractivity contribution is 9.12. The molecule has 4 atom stereocenters. The number of carbonyl (C=O) groups is 5. The summed E-state index contributed by atoms with van der Waals surface area (Å²) in [5, 5.41) is 10.2. The van der Waals surface area contributed by atoms with Crippen molar-refractivity contribution in [3.63, 3.8) is 0 Å². The summed E-state index contributed by atoms with van der Waals surface area (Å²) in [6.07, 6.45) is 3.57. The Labute approximate surface area is 265 Å². The molecule has 3 aromatic rings. The van der Waals surface area contributed by atoms with Gasteiger partial charge >= 0.3 is 0 Å². The summed E-state index contributed by atoms with van der Waals surface area (Å²) in [6.45, 7) is 0. The van der Waals surface area contributed by atoms with Crippen molar-refractivity contribution in [3.05, 3.63) is 128 Å². The van der Waals surface area contributed by atoms with Crippen molar-refractivity contribution < 1.29 is 29.1 Å². The lowest BCUT2D eigenvalue weighted by Crippen LogP contribution is -2.39. The van der Waals surface area contributed by atoms with Crippen LogP contribution in [0.15, 0.2) is 106 Å². The SMILES string of the molecule is O=C1C=C(Br)C(=O)C2=C1C(c1ccc(O)cc1Cl)C1=CCC3C(=O)N(c4ccc(C(=O)c5ccccc5)cc4)C(=O)C3C1C2. The summed E-state index contributed by atoms with van der Waals surface area (Å²) in [6, 6.07) is 19.7. The van der Waals surface area contributed by atoms with E-state index in [9.17, 15) is 29.1 Å². The lowest BCUT2D eigenvalue weighted by atomic mass is 9.59. The van der Waals surface area contributed by atoms with Gasteiger partial charge < -0.3 is 5.11 Å². The molecule has 0 saturated carbocycles. The van der Waals surface area contributed by atoms with E-state index in [4.69, 9.17) is 11.6 Å². The van der Waals surface area contributed by atoms with Gasteiger partial charge in [0.25, 0.3) is 0 Å². The zero-order valence-electron chi connectivity index (χ0n) is 23.0. The number of fused-ring (bicyclic) bond motifs is 3. The first-order valence-electron chi connectivity index (χ1n) is 14.1. The predicted octanol–water partition coefficient (Wildman–Crippen LogP) is 6.24. The maximum atomic E-state index is 14.1. The third-order valence-corrected chi connectivity index (χ3v) is 9.97. The van der Waals surface area contributed by atoms with Crippen molar-refractivity contribution in [1.82, 2.24) is 0 Å². The van der Waals surface area contributed by atoms with Crippen LogP contribution in [0, 0.1) is 17.8 Å². The second kappa shape index (κ2) is 10.6. The van der Waals surface area contributed by atoms with Crippen molar-refractivity contribution in [1.29, 1.82) is 0 Å². The lowest BCUT2D eigenvalue weighted by molar-refractivity contribution is -0.123. The molecule has 1 saturated heterocycles. The monoisotopic (exact) mass is 667 g/mol. The molecule has 1 N–H and O–H groups in total. The predicted molar refractivity (Wildman–Crippen MR) is 167 cm³/mol. The molecule has 9 heteroatoms. The molecular formula is C35H23BrClNO6. The van der Waals surface area contributed by atoms with Crippen LogP contribution in [0.1, 0.15) is 40.2 Å². The number of phenols is 1. The van der Waals surface area contributed by atoms with E-state index in [1.54, 1.807) is 54.6 Å². The number of Topliss-reactive ketones (excluding diaryl/α,β-unsaturated/α-hetero) is 1. The minimum Gasteiger partial charge on any atom is -0.508 e. The van der Waals surface area contributed by atoms with E-state index in [2.05, 4.69) is 15.9 Å². The van der Waals surface area contributed by atoms with Gasteiger partial charge in [0.05, 0.1) is 22.0 Å². The maximum Gasteiger partial charge on any atom is 0.238 e. The van der Waals surface area contributed by atoms with Gasteiger partial charge in [-0.25, -0.2) is 0 Å². The third kappa shape index (κ3) is 4.35. The molecule has 0 radical (unpaired) electrons. The standard InChI is InChI=1S/C35H23BrClNO6/c36-26-16-28(40)31-25(33(26)42)15-24-21(29(31)22-11-10-20(39)14-27(22)37)12-13-23-30(24)35(44)38(34(23)43)19-8-6-18(7-9-19)32(41)17-4-2-1-3-5-17/h1-12,14,16,23-24,29-30,39H,13,15H2. The van der Waals surface area contributed by atoms with Gasteiger partial charge in [-0.15, -0.1) is 0 Å². The minimum atomic E-state index is -0.756. The molecule has 1 aliphatic heterocycles. The summed E-state index contributed by atoms with van der Waals surface area (Å²) in [4.78, 5) is 68.8. The van der Waals surface area contributed by atoms with E-state index in [0.717, 1.165) is 5.57 Å². The fraction of sp³-hybridized carbons (Fsp3) is 0.171. The molecule has 2 amide bonds. The van der Waals surface area contributed by atoms with Gasteiger partial charge in [0.1, 0.15) is 5.75 Å². The Morgan fingerprint density at radius 3 is 2.30 bits per heavy atom. The maximum absolute atomic E-state index is 14.1. The number of aromatic hydroxyl groups is 1. The average molecular weight is 669 g/mol. The van der Waals surface area contributed by atoms with Crippen molar-refractivity contribution in [2.45, 2.75) is 18.8 Å². The van der Waals surface area contributed by atoms with Gasteiger partial charge in [-0.1, -0.05) is 59.6 Å². The van der Waals surface area contributed by atoms with Crippen LogP contribution in [-0.2, 0) is 19.2 Å². The summed E-state index contributed by atoms with van der Waals surface area (Å²) in [5.41, 5.74) is 3.22. The molecule has 4 unspecified atom stereocenters. The van der Waals surface area contributed by atoms with E-state index in [1.165, 1.54) is 23.1 Å². The van der Waals surface area contributed by atoms with Crippen LogP contribution >= 0.6 is 27.5 Å². The number of imide groups is 1. The average Bonchev–Trinajstić information content (AvgIpc) is 3.28. The van der Waals surface area contributed by atoms with E-state index >= 15 is 0 Å². The quantitative estimate of drug-likeness (QED) is 0.153. The van der Waals surface area contributed by atoms with Gasteiger partial charge in [-0.2, -0.15) is 0 Å². The van der Waals surface area contributed by atoms with Crippen LogP contribution in [0.4, 0.5) is 5.69 Å². The van der Waals surface area contributed by atoms with Gasteiger partial charge in [-0.05, 0) is 76.7 Å². The zero-order chi connectivity index (χ0) is 30.9. The summed E-state index contributed by atoms with van der Waals surface area (Å²) in [5.74, 6) is -4.27. The Hall–Kier alpha value is -4.40. The largest absolute Gasteiger partial charge is 0.508 e. The number of carbonyl (C=O) groups excluding carboxylic acids is 5. The van der Waals surface area contributed by atoms with Crippen molar-refractivity contribution in [3.8, 4) is 5.75 Å². The van der Waals surface area contributed by atoms with E-state index in [1.807, 2.05) is 12.1 Å². The smallest absolute Gasteiger partial charge is 0.238 e. The molecule has 7 rings (SSSR count). The molecule has 0 spiro atoms. The minimum absolute atomic E-state index is 0.0459. The second-order valence-corrected chi connectivity index (χ2v) is 12.6. The number of amides is 2. The molecule has 1 fully saturated rings. The lowest BCUT2D eigenvalue weighted by Gasteiger charge is -2.42. The second-order valence-electron chi connectivity index (χ2n) is 11.4. The highest BCUT2D eigenvalue weighted by Crippen LogP contribution is 2.56. The highest BCUT2D eigenvalue weighted by Gasteiger charge is 2.56. The van der Waals surface area contributed by atoms with Crippen LogP contribution < -0.4 is 4.90 Å². The molecule has 7 nitrogen and oxygen atoms in total. The molecule has 0 bridgehead atoms. The summed E-state index contributed by atoms with van der Waals surface area (Å²) >= 11 is 9.82. The Bertz CT molecular complexity index is 1910. The van der Waals surface area contributed by atoms with Gasteiger partial charge in [0, 0.05) is 39.3 Å². The van der Waals surface area contributed by atoms with Crippen molar-refractivity contribution in [2.24, 2.45) is 17.8 Å². The van der Waals surface area contributed by atoms with Crippen molar-refractivity contribution in [2.75, 3.05) is 4.90 Å². The molecule has 1 heterocycles. The molecule has 3 aromatic carbocycles. The number of hydrogen-bond acceptors (Lipinski definition) is 6. The van der Waals surface area contributed by atoms with Crippen molar-refractivity contribution >= 4 is 62.4 Å².